The van der Waals surface area contributed by atoms with Crippen LogP contribution < -0.4 is 6.15 Å². The Morgan fingerprint density at radius 3 is 2.62 bits per heavy atom. The van der Waals surface area contributed by atoms with E-state index in [4.69, 9.17) is 0 Å². The molecule has 1 aromatic heterocycles. The zero-order valence-electron chi connectivity index (χ0n) is 4.78. The van der Waals surface area contributed by atoms with Gasteiger partial charge in [-0.1, -0.05) is 0 Å². The topological polar surface area (TPSA) is 78.6 Å². The normalized spacial score (nSPS) is 8.12. The number of hydrogen-bond acceptors (Lipinski definition) is 4. The number of tetrazole rings is 1. The van der Waals surface area contributed by atoms with Gasteiger partial charge >= 0.3 is 0 Å². The highest BCUT2D eigenvalue weighted by Gasteiger charge is 1.80. The van der Waals surface area contributed by atoms with E-state index in [2.05, 4.69) is 15.5 Å². The molecule has 0 radical (unpaired) electrons. The smallest absolute Gasteiger partial charge is 0.138 e. The highest BCUT2D eigenvalue weighted by Crippen LogP contribution is 1.70. The van der Waals surface area contributed by atoms with Gasteiger partial charge in [0.15, 0.2) is 0 Å². The molecule has 8 heavy (non-hydrogen) atoms. The van der Waals surface area contributed by atoms with Crippen LogP contribution in [0.4, 0.5) is 0 Å². The van der Waals surface area contributed by atoms with E-state index >= 15 is 0 Å². The van der Waals surface area contributed by atoms with Crippen LogP contribution in [0.1, 0.15) is 6.92 Å². The summed E-state index contributed by atoms with van der Waals surface area (Å²) in [7, 11) is 0. The van der Waals surface area contributed by atoms with E-state index < -0.39 is 0 Å². The molecule has 0 aliphatic heterocycles. The van der Waals surface area contributed by atoms with Crippen molar-refractivity contribution in [3.63, 3.8) is 0 Å². The van der Waals surface area contributed by atoms with Crippen LogP contribution in [0, 0.1) is 0 Å². The van der Waals surface area contributed by atoms with Gasteiger partial charge < -0.3 is 6.15 Å². The number of hydrogen-bond donors (Lipinski definition) is 1. The second-order valence-corrected chi connectivity index (χ2v) is 1.17. The highest BCUT2D eigenvalue weighted by molar-refractivity contribution is 4.40. The van der Waals surface area contributed by atoms with Crippen molar-refractivity contribution in [2.45, 2.75) is 13.5 Å². The molecule has 1 heterocycles. The molecule has 5 heteroatoms. The van der Waals surface area contributed by atoms with Crippen LogP contribution >= 0.6 is 0 Å². The molecular weight excluding hydrogens is 106 g/mol. The summed E-state index contributed by atoms with van der Waals surface area (Å²) >= 11 is 0. The largest absolute Gasteiger partial charge is 0.344 e. The average Bonchev–Trinajstić information content (AvgIpc) is 2.14. The van der Waals surface area contributed by atoms with Crippen molar-refractivity contribution in [3.8, 4) is 0 Å². The SMILES string of the molecule is CCn1cnnn1.N. The molecule has 0 bridgehead atoms. The molecule has 0 atom stereocenters. The Morgan fingerprint density at radius 2 is 2.38 bits per heavy atom. The maximum absolute atomic E-state index is 3.59. The van der Waals surface area contributed by atoms with E-state index in [9.17, 15) is 0 Å². The number of aryl methyl sites for hydroxylation is 1. The Balaban J connectivity index is 0.000000490. The Morgan fingerprint density at radius 1 is 1.62 bits per heavy atom. The lowest BCUT2D eigenvalue weighted by molar-refractivity contribution is 0.626. The molecule has 0 saturated heterocycles. The molecule has 0 saturated carbocycles. The minimum Gasteiger partial charge on any atom is -0.344 e. The van der Waals surface area contributed by atoms with Gasteiger partial charge in [-0.2, -0.15) is 0 Å². The van der Waals surface area contributed by atoms with Crippen molar-refractivity contribution in [2.75, 3.05) is 0 Å². The Bertz CT molecular complexity index is 122. The molecular formula is C3H9N5. The third kappa shape index (κ3) is 1.27. The predicted molar refractivity (Wildman–Crippen MR) is 28.5 cm³/mol. The third-order valence-electron chi connectivity index (χ3n) is 0.715. The minimum absolute atomic E-state index is 0. The van der Waals surface area contributed by atoms with Gasteiger partial charge in [0.05, 0.1) is 0 Å². The first-order valence-electron chi connectivity index (χ1n) is 2.14. The second-order valence-electron chi connectivity index (χ2n) is 1.17. The van der Waals surface area contributed by atoms with Crippen molar-refractivity contribution in [1.29, 1.82) is 0 Å². The van der Waals surface area contributed by atoms with Crippen molar-refractivity contribution < 1.29 is 0 Å². The summed E-state index contributed by atoms with van der Waals surface area (Å²) in [6.45, 7) is 2.82. The average molecular weight is 115 g/mol. The van der Waals surface area contributed by atoms with Gasteiger partial charge in [0, 0.05) is 6.54 Å². The molecule has 0 fully saturated rings. The fourth-order valence-corrected chi connectivity index (χ4v) is 0.325. The van der Waals surface area contributed by atoms with Crippen molar-refractivity contribution in [1.82, 2.24) is 26.4 Å². The van der Waals surface area contributed by atoms with Crippen LogP contribution in [0.2, 0.25) is 0 Å². The first-order chi connectivity index (χ1) is 3.43. The first kappa shape index (κ1) is 7.03. The summed E-state index contributed by atoms with van der Waals surface area (Å²) in [6.07, 6.45) is 1.58. The standard InChI is InChI=1S/C3H6N4.H3N/c1-2-7-3-4-5-6-7;/h3H,2H2,1H3;1H3. The van der Waals surface area contributed by atoms with Crippen LogP contribution in [-0.4, -0.2) is 20.2 Å². The molecule has 0 aliphatic rings. The van der Waals surface area contributed by atoms with Gasteiger partial charge in [0.2, 0.25) is 0 Å². The maximum Gasteiger partial charge on any atom is 0.138 e. The molecule has 46 valence electrons. The summed E-state index contributed by atoms with van der Waals surface area (Å²) in [6, 6.07) is 0. The van der Waals surface area contributed by atoms with Gasteiger partial charge in [-0.15, -0.1) is 5.10 Å². The van der Waals surface area contributed by atoms with E-state index in [1.165, 1.54) is 0 Å². The lowest BCUT2D eigenvalue weighted by Crippen LogP contribution is -1.93. The summed E-state index contributed by atoms with van der Waals surface area (Å²) in [5, 5.41) is 10.4. The van der Waals surface area contributed by atoms with E-state index in [1.807, 2.05) is 6.92 Å². The summed E-state index contributed by atoms with van der Waals surface area (Å²) < 4.78 is 1.65. The van der Waals surface area contributed by atoms with E-state index in [0.717, 1.165) is 6.54 Å². The Labute approximate surface area is 47.3 Å². The fourth-order valence-electron chi connectivity index (χ4n) is 0.325. The molecule has 3 N–H and O–H groups in total. The van der Waals surface area contributed by atoms with Crippen molar-refractivity contribution >= 4 is 0 Å². The van der Waals surface area contributed by atoms with Crippen molar-refractivity contribution in [2.24, 2.45) is 0 Å². The number of rotatable bonds is 1. The van der Waals surface area contributed by atoms with Gasteiger partial charge in [0.1, 0.15) is 6.33 Å². The van der Waals surface area contributed by atoms with Crippen LogP contribution in [0.25, 0.3) is 0 Å². The van der Waals surface area contributed by atoms with E-state index in [1.54, 1.807) is 11.0 Å². The lowest BCUT2D eigenvalue weighted by Gasteiger charge is -1.83. The molecule has 1 aromatic rings. The molecule has 0 aliphatic carbocycles. The molecule has 0 unspecified atom stereocenters. The van der Waals surface area contributed by atoms with Crippen LogP contribution in [0.5, 0.6) is 0 Å². The van der Waals surface area contributed by atoms with Crippen molar-refractivity contribution in [3.05, 3.63) is 6.33 Å². The quantitative estimate of drug-likeness (QED) is 0.552. The Kier molecular flexibility index (Phi) is 2.71. The molecule has 0 aromatic carbocycles. The van der Waals surface area contributed by atoms with E-state index in [0.29, 0.717) is 0 Å². The van der Waals surface area contributed by atoms with Gasteiger partial charge in [-0.05, 0) is 17.4 Å². The highest BCUT2D eigenvalue weighted by atomic mass is 15.5. The summed E-state index contributed by atoms with van der Waals surface area (Å²) in [5.41, 5.74) is 0. The van der Waals surface area contributed by atoms with E-state index in [-0.39, 0.29) is 6.15 Å². The molecule has 0 spiro atoms. The zero-order valence-corrected chi connectivity index (χ0v) is 4.78. The summed E-state index contributed by atoms with van der Waals surface area (Å²) in [4.78, 5) is 0. The monoisotopic (exact) mass is 115 g/mol. The minimum atomic E-state index is 0. The molecule has 0 amide bonds. The van der Waals surface area contributed by atoms with Crippen LogP contribution in [0.15, 0.2) is 6.33 Å². The predicted octanol–water partition coefficient (Wildman–Crippen LogP) is -0.145. The Hall–Kier alpha value is -0.970. The summed E-state index contributed by atoms with van der Waals surface area (Å²) in [5.74, 6) is 0. The van der Waals surface area contributed by atoms with Crippen LogP contribution in [-0.2, 0) is 6.54 Å². The zero-order chi connectivity index (χ0) is 5.11. The lowest BCUT2D eigenvalue weighted by atomic mass is 10.8. The molecule has 5 nitrogen and oxygen atoms in total. The third-order valence-corrected chi connectivity index (χ3v) is 0.715. The van der Waals surface area contributed by atoms with Gasteiger partial charge in [0.25, 0.3) is 0 Å². The maximum atomic E-state index is 3.59. The van der Waals surface area contributed by atoms with Gasteiger partial charge in [-0.3, -0.25) is 0 Å². The van der Waals surface area contributed by atoms with Gasteiger partial charge in [-0.25, -0.2) is 4.68 Å². The number of aromatic nitrogens is 4. The fraction of sp³-hybridized carbons (Fsp3) is 0.667. The number of nitrogens with zero attached hydrogens (tertiary/aromatic N) is 4. The van der Waals surface area contributed by atoms with Crippen LogP contribution in [0.3, 0.4) is 0 Å². The molecule has 1 rings (SSSR count). The first-order valence-corrected chi connectivity index (χ1v) is 2.14. The second kappa shape index (κ2) is 3.09.